The topological polar surface area (TPSA) is 45.8 Å². The summed E-state index contributed by atoms with van der Waals surface area (Å²) in [5, 5.41) is 0. The first-order valence-electron chi connectivity index (χ1n) is 4.39. The van der Waals surface area contributed by atoms with Crippen LogP contribution in [-0.2, 0) is 6.42 Å². The maximum absolute atomic E-state index is 11.0. The van der Waals surface area contributed by atoms with Gasteiger partial charge in [0, 0.05) is 11.6 Å². The van der Waals surface area contributed by atoms with Gasteiger partial charge in [0.15, 0.2) is 0 Å². The average Bonchev–Trinajstić information content (AvgIpc) is 2.85. The number of H-pyrrole nitrogens is 1. The highest BCUT2D eigenvalue weighted by molar-refractivity contribution is 5.16. The molecule has 1 aromatic heterocycles. The van der Waals surface area contributed by atoms with Crippen LogP contribution in [0.1, 0.15) is 37.1 Å². The number of hydrogen-bond acceptors (Lipinski definition) is 2. The summed E-state index contributed by atoms with van der Waals surface area (Å²) in [6, 6.07) is 2.01. The van der Waals surface area contributed by atoms with E-state index in [-0.39, 0.29) is 5.69 Å². The molecule has 0 aromatic carbocycles. The van der Waals surface area contributed by atoms with Gasteiger partial charge in [-0.05, 0) is 25.3 Å². The minimum Gasteiger partial charge on any atom is -0.310 e. The van der Waals surface area contributed by atoms with Crippen molar-refractivity contribution in [2.24, 2.45) is 0 Å². The highest BCUT2D eigenvalue weighted by Gasteiger charge is 2.25. The summed E-state index contributed by atoms with van der Waals surface area (Å²) in [6.45, 7) is 2.03. The molecule has 2 rings (SSSR count). The molecular formula is C9H12N2O. The monoisotopic (exact) mass is 164 g/mol. The maximum atomic E-state index is 11.0. The van der Waals surface area contributed by atoms with Gasteiger partial charge in [-0.1, -0.05) is 6.92 Å². The van der Waals surface area contributed by atoms with E-state index >= 15 is 0 Å². The minimum absolute atomic E-state index is 0.198. The van der Waals surface area contributed by atoms with Crippen LogP contribution in [0.15, 0.2) is 10.9 Å². The Bertz CT molecular complexity index is 339. The van der Waals surface area contributed by atoms with Crippen molar-refractivity contribution in [3.63, 3.8) is 0 Å². The Morgan fingerprint density at radius 3 is 3.00 bits per heavy atom. The number of rotatable bonds is 2. The minimum atomic E-state index is -0.198. The summed E-state index contributed by atoms with van der Waals surface area (Å²) in [7, 11) is 0. The van der Waals surface area contributed by atoms with Gasteiger partial charge in [-0.15, -0.1) is 0 Å². The summed E-state index contributed by atoms with van der Waals surface area (Å²) >= 11 is 0. The first-order chi connectivity index (χ1) is 5.79. The summed E-state index contributed by atoms with van der Waals surface area (Å²) < 4.78 is 0. The molecule has 1 N–H and O–H groups in total. The molecule has 0 aliphatic heterocycles. The van der Waals surface area contributed by atoms with Gasteiger partial charge in [0.1, 0.15) is 0 Å². The van der Waals surface area contributed by atoms with Gasteiger partial charge in [-0.25, -0.2) is 4.79 Å². The molecular weight excluding hydrogens is 152 g/mol. The molecule has 12 heavy (non-hydrogen) atoms. The molecule has 1 saturated carbocycles. The van der Waals surface area contributed by atoms with Gasteiger partial charge < -0.3 is 4.98 Å². The summed E-state index contributed by atoms with van der Waals surface area (Å²) in [6.07, 6.45) is 3.26. The SMILES string of the molecule is CCc1cc(C2CC2)nc(=O)[nH]1. The Hall–Kier alpha value is -1.12. The lowest BCUT2D eigenvalue weighted by Gasteiger charge is -1.99. The fourth-order valence-corrected chi connectivity index (χ4v) is 1.31. The molecule has 0 amide bonds. The molecule has 0 bridgehead atoms. The number of aromatic nitrogens is 2. The highest BCUT2D eigenvalue weighted by Crippen LogP contribution is 2.38. The normalized spacial score (nSPS) is 16.4. The molecule has 1 aliphatic rings. The number of hydrogen-bond donors (Lipinski definition) is 1. The molecule has 1 aromatic rings. The molecule has 0 spiro atoms. The van der Waals surface area contributed by atoms with Crippen LogP contribution in [0.25, 0.3) is 0 Å². The largest absolute Gasteiger partial charge is 0.345 e. The van der Waals surface area contributed by atoms with Crippen molar-refractivity contribution in [1.82, 2.24) is 9.97 Å². The zero-order chi connectivity index (χ0) is 8.55. The van der Waals surface area contributed by atoms with Gasteiger partial charge >= 0.3 is 5.69 Å². The lowest BCUT2D eigenvalue weighted by Crippen LogP contribution is -2.14. The van der Waals surface area contributed by atoms with Crippen molar-refractivity contribution in [2.45, 2.75) is 32.1 Å². The second-order valence-electron chi connectivity index (χ2n) is 3.26. The van der Waals surface area contributed by atoms with Crippen molar-refractivity contribution in [1.29, 1.82) is 0 Å². The fourth-order valence-electron chi connectivity index (χ4n) is 1.31. The maximum Gasteiger partial charge on any atom is 0.345 e. The van der Waals surface area contributed by atoms with E-state index in [1.807, 2.05) is 13.0 Å². The third kappa shape index (κ3) is 1.40. The first-order valence-corrected chi connectivity index (χ1v) is 4.39. The molecule has 3 nitrogen and oxygen atoms in total. The van der Waals surface area contributed by atoms with Gasteiger partial charge in [-0.2, -0.15) is 4.98 Å². The average molecular weight is 164 g/mol. The Morgan fingerprint density at radius 1 is 1.67 bits per heavy atom. The van der Waals surface area contributed by atoms with Gasteiger partial charge in [0.05, 0.1) is 5.69 Å². The molecule has 1 heterocycles. The molecule has 0 saturated heterocycles. The third-order valence-electron chi connectivity index (χ3n) is 2.20. The quantitative estimate of drug-likeness (QED) is 0.714. The predicted molar refractivity (Wildman–Crippen MR) is 46.2 cm³/mol. The van der Waals surface area contributed by atoms with Crippen LogP contribution in [0.2, 0.25) is 0 Å². The number of nitrogens with zero attached hydrogens (tertiary/aromatic N) is 1. The second-order valence-corrected chi connectivity index (χ2v) is 3.26. The van der Waals surface area contributed by atoms with Crippen LogP contribution < -0.4 is 5.69 Å². The molecule has 0 atom stereocenters. The van der Waals surface area contributed by atoms with Crippen molar-refractivity contribution < 1.29 is 0 Å². The zero-order valence-corrected chi connectivity index (χ0v) is 7.13. The number of nitrogens with one attached hydrogen (secondary N) is 1. The molecule has 0 radical (unpaired) electrons. The van der Waals surface area contributed by atoms with Crippen LogP contribution in [0, 0.1) is 0 Å². The summed E-state index contributed by atoms with van der Waals surface area (Å²) in [4.78, 5) is 17.7. The lowest BCUT2D eigenvalue weighted by molar-refractivity contribution is 0.892. The summed E-state index contributed by atoms with van der Waals surface area (Å²) in [5.74, 6) is 0.567. The van der Waals surface area contributed by atoms with Gasteiger partial charge in [0.25, 0.3) is 0 Å². The Balaban J connectivity index is 2.41. The van der Waals surface area contributed by atoms with Crippen LogP contribution in [0.5, 0.6) is 0 Å². The van der Waals surface area contributed by atoms with E-state index in [0.717, 1.165) is 17.8 Å². The Kier molecular flexibility index (Phi) is 1.71. The van der Waals surface area contributed by atoms with E-state index in [1.54, 1.807) is 0 Å². The zero-order valence-electron chi connectivity index (χ0n) is 7.13. The Morgan fingerprint density at radius 2 is 2.42 bits per heavy atom. The standard InChI is InChI=1S/C9H12N2O/c1-2-7-5-8(6-3-4-6)11-9(12)10-7/h5-6H,2-4H2,1H3,(H,10,11,12). The van der Waals surface area contributed by atoms with Crippen LogP contribution in [0.3, 0.4) is 0 Å². The van der Waals surface area contributed by atoms with E-state index in [2.05, 4.69) is 9.97 Å². The van der Waals surface area contributed by atoms with Gasteiger partial charge in [-0.3, -0.25) is 0 Å². The number of aryl methyl sites for hydroxylation is 1. The van der Waals surface area contributed by atoms with Crippen molar-refractivity contribution in [3.05, 3.63) is 27.9 Å². The van der Waals surface area contributed by atoms with Gasteiger partial charge in [0.2, 0.25) is 0 Å². The molecule has 3 heteroatoms. The van der Waals surface area contributed by atoms with E-state index in [0.29, 0.717) is 5.92 Å². The molecule has 1 aliphatic carbocycles. The fraction of sp³-hybridized carbons (Fsp3) is 0.556. The first kappa shape index (κ1) is 7.53. The van der Waals surface area contributed by atoms with E-state index < -0.39 is 0 Å². The lowest BCUT2D eigenvalue weighted by atomic mass is 10.2. The summed E-state index contributed by atoms with van der Waals surface area (Å²) in [5.41, 5.74) is 1.78. The van der Waals surface area contributed by atoms with Crippen LogP contribution in [0.4, 0.5) is 0 Å². The van der Waals surface area contributed by atoms with Crippen LogP contribution in [-0.4, -0.2) is 9.97 Å². The Labute approximate surface area is 70.9 Å². The molecule has 0 unspecified atom stereocenters. The van der Waals surface area contributed by atoms with E-state index in [1.165, 1.54) is 12.8 Å². The second kappa shape index (κ2) is 2.73. The van der Waals surface area contributed by atoms with E-state index in [9.17, 15) is 4.79 Å². The van der Waals surface area contributed by atoms with Crippen molar-refractivity contribution in [3.8, 4) is 0 Å². The highest BCUT2D eigenvalue weighted by atomic mass is 16.1. The predicted octanol–water partition coefficient (Wildman–Crippen LogP) is 1.21. The van der Waals surface area contributed by atoms with Crippen LogP contribution >= 0.6 is 0 Å². The smallest absolute Gasteiger partial charge is 0.310 e. The number of aromatic amines is 1. The molecule has 64 valence electrons. The third-order valence-corrected chi connectivity index (χ3v) is 2.20. The molecule has 1 fully saturated rings. The van der Waals surface area contributed by atoms with Crippen molar-refractivity contribution >= 4 is 0 Å². The van der Waals surface area contributed by atoms with Crippen molar-refractivity contribution in [2.75, 3.05) is 0 Å². The van der Waals surface area contributed by atoms with E-state index in [4.69, 9.17) is 0 Å².